The Kier molecular flexibility index (Phi) is 13.9. The SMILES string of the molecule is COC(=O)CSc1cc(N=c2sc(=O)n3n2CCCC3)c(F)cc1Cl.COC(=O)c1c(C(F)F)nc(C(F)(F)F)c(C2=NCCS2)c1CC(C)C. The highest BCUT2D eigenvalue weighted by molar-refractivity contribution is 8.14. The first kappa shape index (κ1) is 40.5. The van der Waals surface area contributed by atoms with Crippen molar-refractivity contribution in [3.63, 3.8) is 0 Å². The zero-order valence-corrected chi connectivity index (χ0v) is 30.8. The minimum Gasteiger partial charge on any atom is -0.468 e. The number of pyridine rings is 1. The lowest BCUT2D eigenvalue weighted by molar-refractivity contribution is -0.141. The molecule has 0 aliphatic carbocycles. The number of thioether (sulfide) groups is 2. The molecule has 2 aliphatic heterocycles. The van der Waals surface area contributed by atoms with Gasteiger partial charge in [0.25, 0.3) is 6.43 Å². The van der Waals surface area contributed by atoms with E-state index >= 15 is 0 Å². The zero-order valence-electron chi connectivity index (χ0n) is 27.6. The van der Waals surface area contributed by atoms with Crippen LogP contribution in [0.4, 0.5) is 32.0 Å². The summed E-state index contributed by atoms with van der Waals surface area (Å²) in [6.45, 7) is 5.06. The van der Waals surface area contributed by atoms with Crippen LogP contribution < -0.4 is 9.67 Å². The number of esters is 2. The van der Waals surface area contributed by atoms with Crippen molar-refractivity contribution >= 4 is 69.1 Å². The van der Waals surface area contributed by atoms with Crippen LogP contribution in [-0.4, -0.2) is 63.6 Å². The fraction of sp³-hybridized carbons (Fsp3) is 0.484. The monoisotopic (exact) mass is 799 g/mol. The van der Waals surface area contributed by atoms with Gasteiger partial charge in [-0.3, -0.25) is 19.3 Å². The Balaban J connectivity index is 0.000000229. The molecule has 0 spiro atoms. The molecule has 2 aliphatic rings. The first-order valence-electron chi connectivity index (χ1n) is 15.3. The van der Waals surface area contributed by atoms with Gasteiger partial charge in [-0.1, -0.05) is 25.4 Å². The van der Waals surface area contributed by atoms with Gasteiger partial charge in [0.05, 0.1) is 30.6 Å². The second-order valence-electron chi connectivity index (χ2n) is 11.3. The van der Waals surface area contributed by atoms with E-state index in [2.05, 4.69) is 24.4 Å². The van der Waals surface area contributed by atoms with Gasteiger partial charge in [-0.15, -0.1) is 23.5 Å². The van der Waals surface area contributed by atoms with E-state index in [0.717, 1.165) is 60.9 Å². The van der Waals surface area contributed by atoms with E-state index in [1.807, 2.05) is 0 Å². The predicted molar refractivity (Wildman–Crippen MR) is 183 cm³/mol. The third kappa shape index (κ3) is 9.78. The summed E-state index contributed by atoms with van der Waals surface area (Å²) in [6.07, 6.45) is -6.45. The summed E-state index contributed by atoms with van der Waals surface area (Å²) in [5.74, 6) is -1.79. The van der Waals surface area contributed by atoms with Crippen molar-refractivity contribution in [2.75, 3.05) is 32.3 Å². The van der Waals surface area contributed by atoms with Gasteiger partial charge in [-0.05, 0) is 54.2 Å². The number of halogens is 7. The largest absolute Gasteiger partial charge is 0.468 e. The summed E-state index contributed by atoms with van der Waals surface area (Å²) in [5.41, 5.74) is -3.71. The van der Waals surface area contributed by atoms with Crippen LogP contribution in [0.1, 0.15) is 66.0 Å². The summed E-state index contributed by atoms with van der Waals surface area (Å²) in [6, 6.07) is 2.64. The number of nitrogens with zero attached hydrogens (tertiary/aromatic N) is 5. The highest BCUT2D eigenvalue weighted by Crippen LogP contribution is 2.40. The number of carbonyl (C=O) groups is 2. The van der Waals surface area contributed by atoms with Crippen molar-refractivity contribution in [2.45, 2.75) is 63.7 Å². The Morgan fingerprint density at radius 3 is 2.37 bits per heavy atom. The molecule has 5 rings (SSSR count). The van der Waals surface area contributed by atoms with Gasteiger partial charge < -0.3 is 9.47 Å². The molecule has 10 nitrogen and oxygen atoms in total. The second kappa shape index (κ2) is 17.5. The second-order valence-corrected chi connectivity index (χ2v) is 14.7. The Bertz CT molecular complexity index is 1940. The average Bonchev–Trinajstić information content (AvgIpc) is 3.72. The van der Waals surface area contributed by atoms with Crippen LogP contribution in [0.15, 0.2) is 31.8 Å². The molecule has 0 amide bonds. The van der Waals surface area contributed by atoms with Crippen LogP contribution in [0.25, 0.3) is 0 Å². The summed E-state index contributed by atoms with van der Waals surface area (Å²) in [4.78, 5) is 47.8. The summed E-state index contributed by atoms with van der Waals surface area (Å²) >= 11 is 9.25. The minimum absolute atomic E-state index is 0.0231. The van der Waals surface area contributed by atoms with Crippen LogP contribution in [0, 0.1) is 11.7 Å². The molecule has 0 N–H and O–H groups in total. The highest BCUT2D eigenvalue weighted by Gasteiger charge is 2.42. The molecule has 4 heterocycles. The molecule has 20 heteroatoms. The number of carbonyl (C=O) groups excluding carboxylic acids is 2. The number of aliphatic imine (C=N–C) groups is 1. The van der Waals surface area contributed by atoms with E-state index in [1.165, 1.54) is 13.2 Å². The number of rotatable bonds is 9. The van der Waals surface area contributed by atoms with Crippen LogP contribution in [0.3, 0.4) is 0 Å². The van der Waals surface area contributed by atoms with Crippen molar-refractivity contribution in [3.8, 4) is 0 Å². The van der Waals surface area contributed by atoms with Crippen molar-refractivity contribution in [1.82, 2.24) is 14.3 Å². The highest BCUT2D eigenvalue weighted by atomic mass is 35.5. The topological polar surface area (TPSA) is 117 Å². The molecule has 0 unspecified atom stereocenters. The molecule has 0 saturated heterocycles. The van der Waals surface area contributed by atoms with E-state index in [9.17, 15) is 40.7 Å². The van der Waals surface area contributed by atoms with Gasteiger partial charge in [-0.2, -0.15) is 13.2 Å². The summed E-state index contributed by atoms with van der Waals surface area (Å²) in [7, 11) is 2.28. The maximum absolute atomic E-state index is 14.3. The molecule has 278 valence electrons. The number of alkyl halides is 5. The number of benzene rings is 1. The van der Waals surface area contributed by atoms with Crippen LogP contribution >= 0.6 is 46.5 Å². The Labute approximate surface area is 305 Å². The number of hydrogen-bond acceptors (Lipinski definition) is 11. The molecule has 2 aromatic heterocycles. The van der Waals surface area contributed by atoms with Gasteiger partial charge in [-0.25, -0.2) is 32.6 Å². The van der Waals surface area contributed by atoms with Gasteiger partial charge in [0.15, 0.2) is 5.69 Å². The van der Waals surface area contributed by atoms with E-state index in [0.29, 0.717) is 35.1 Å². The molecule has 51 heavy (non-hydrogen) atoms. The molecular weight excluding hydrogens is 768 g/mol. The van der Waals surface area contributed by atoms with Crippen molar-refractivity contribution < 1.29 is 45.4 Å². The number of ether oxygens (including phenoxy) is 2. The predicted octanol–water partition coefficient (Wildman–Crippen LogP) is 7.31. The molecule has 0 fully saturated rings. The smallest absolute Gasteiger partial charge is 0.434 e. The Morgan fingerprint density at radius 2 is 1.80 bits per heavy atom. The van der Waals surface area contributed by atoms with Crippen LogP contribution in [0.5, 0.6) is 0 Å². The lowest BCUT2D eigenvalue weighted by Gasteiger charge is -2.22. The lowest BCUT2D eigenvalue weighted by Crippen LogP contribution is -2.31. The number of hydrogen-bond donors (Lipinski definition) is 0. The average molecular weight is 800 g/mol. The molecule has 3 aromatic rings. The summed E-state index contributed by atoms with van der Waals surface area (Å²) in [5, 5.41) is 0.261. The Hall–Kier alpha value is -3.29. The minimum atomic E-state index is -4.97. The molecule has 0 atom stereocenters. The molecule has 1 aromatic carbocycles. The van der Waals surface area contributed by atoms with E-state index in [4.69, 9.17) is 11.6 Å². The third-order valence-electron chi connectivity index (χ3n) is 7.29. The van der Waals surface area contributed by atoms with E-state index in [1.54, 1.807) is 23.2 Å². The first-order chi connectivity index (χ1) is 24.1. The molecule has 0 radical (unpaired) electrons. The van der Waals surface area contributed by atoms with Gasteiger partial charge in [0.2, 0.25) is 4.80 Å². The standard InChI is InChI=1S/C16H17F5N2O2S.C15H15ClFN3O3S2/c1-7(2)6-8-9(15(24)25-3)11(13(17)18)23-12(16(19,20)21)10(8)14-22-4-5-26-14;1-23-13(21)8-24-12-7-11(10(17)6-9(12)16)18-14-19-4-2-3-5-20(19)15(22)25-14/h7,13H,4-6H2,1-3H3;6-7H,2-5,8H2,1H3. The Morgan fingerprint density at radius 1 is 1.12 bits per heavy atom. The van der Waals surface area contributed by atoms with Crippen molar-refractivity contribution in [1.29, 1.82) is 0 Å². The zero-order chi connectivity index (χ0) is 37.6. The van der Waals surface area contributed by atoms with E-state index in [-0.39, 0.29) is 44.3 Å². The lowest BCUT2D eigenvalue weighted by atomic mass is 9.91. The van der Waals surface area contributed by atoms with E-state index < -0.39 is 52.9 Å². The first-order valence-corrected chi connectivity index (χ1v) is 18.5. The van der Waals surface area contributed by atoms with Crippen molar-refractivity contribution in [3.05, 3.63) is 65.5 Å². The quantitative estimate of drug-likeness (QED) is 0.126. The van der Waals surface area contributed by atoms with Crippen LogP contribution in [0.2, 0.25) is 5.02 Å². The maximum atomic E-state index is 14.3. The number of methoxy groups -OCH3 is 2. The molecule has 0 bridgehead atoms. The maximum Gasteiger partial charge on any atom is 0.434 e. The van der Waals surface area contributed by atoms with Crippen LogP contribution in [-0.2, 0) is 40.0 Å². The molecule has 0 saturated carbocycles. The van der Waals surface area contributed by atoms with Gasteiger partial charge in [0, 0.05) is 35.8 Å². The van der Waals surface area contributed by atoms with Gasteiger partial charge >= 0.3 is 23.0 Å². The summed E-state index contributed by atoms with van der Waals surface area (Å²) < 4.78 is 94.5. The number of fused-ring (bicyclic) bond motifs is 1. The molecular formula is C31H32ClF6N5O5S3. The fourth-order valence-corrected chi connectivity index (χ4v) is 8.02. The normalized spacial score (nSPS) is 14.7. The third-order valence-corrected chi connectivity index (χ3v) is 10.6. The fourth-order valence-electron chi connectivity index (χ4n) is 5.11. The van der Waals surface area contributed by atoms with Gasteiger partial charge in [0.1, 0.15) is 22.2 Å². The number of aromatic nitrogens is 3. The van der Waals surface area contributed by atoms with Crippen molar-refractivity contribution in [2.24, 2.45) is 15.9 Å².